The van der Waals surface area contributed by atoms with Gasteiger partial charge >= 0.3 is 10.0 Å². The van der Waals surface area contributed by atoms with Crippen molar-refractivity contribution in [3.63, 3.8) is 0 Å². The van der Waals surface area contributed by atoms with Gasteiger partial charge in [0.1, 0.15) is 4.90 Å². The van der Waals surface area contributed by atoms with Gasteiger partial charge in [0.05, 0.1) is 16.9 Å². The fourth-order valence-corrected chi connectivity index (χ4v) is 11.0. The molecule has 0 radical (unpaired) electrons. The smallest absolute Gasteiger partial charge is 0.344 e. The van der Waals surface area contributed by atoms with E-state index in [1.54, 1.807) is 19.2 Å². The topological polar surface area (TPSA) is 98.0 Å². The van der Waals surface area contributed by atoms with Gasteiger partial charge in [0, 0.05) is 46.7 Å². The maximum absolute atomic E-state index is 14.7. The average Bonchev–Trinajstić information content (AvgIpc) is 3.72. The van der Waals surface area contributed by atoms with Crippen molar-refractivity contribution in [2.45, 2.75) is 89.4 Å². The molecule has 0 atom stereocenters. The minimum atomic E-state index is -4.07. The summed E-state index contributed by atoms with van der Waals surface area (Å²) in [5.74, 6) is -0.295. The van der Waals surface area contributed by atoms with Gasteiger partial charge in [0.15, 0.2) is 7.05 Å². The lowest BCUT2D eigenvalue weighted by Crippen LogP contribution is -2.27. The molecule has 0 saturated carbocycles. The fourth-order valence-electron chi connectivity index (χ4n) is 9.18. The number of hydrogen-bond acceptors (Lipinski definition) is 6. The molecule has 7 rings (SSSR count). The van der Waals surface area contributed by atoms with Crippen molar-refractivity contribution in [2.75, 3.05) is 35.7 Å². The highest BCUT2D eigenvalue weighted by Crippen LogP contribution is 2.50. The number of benzene rings is 4. The predicted octanol–water partition coefficient (Wildman–Crippen LogP) is 10.5. The highest BCUT2D eigenvalue weighted by Gasteiger charge is 2.43. The van der Waals surface area contributed by atoms with Crippen LogP contribution in [0.5, 0.6) is 0 Å². The van der Waals surface area contributed by atoms with E-state index in [1.165, 1.54) is 20.9 Å². The van der Waals surface area contributed by atoms with E-state index in [0.29, 0.717) is 25.1 Å². The zero-order chi connectivity index (χ0) is 43.0. The first-order chi connectivity index (χ1) is 28.5. The van der Waals surface area contributed by atoms with Crippen molar-refractivity contribution >= 4 is 48.4 Å². The molecular formula is C50H58N3O5S2+. The van der Waals surface area contributed by atoms with Gasteiger partial charge < -0.3 is 9.80 Å². The molecule has 1 aliphatic carbocycles. The predicted molar refractivity (Wildman–Crippen MR) is 247 cm³/mol. The highest BCUT2D eigenvalue weighted by atomic mass is 32.2. The Morgan fingerprint density at radius 3 is 1.53 bits per heavy atom. The maximum Gasteiger partial charge on any atom is 0.395 e. The molecule has 8 nitrogen and oxygen atoms in total. The van der Waals surface area contributed by atoms with Gasteiger partial charge in [-0.05, 0) is 97.0 Å². The number of para-hydroxylation sites is 2. The monoisotopic (exact) mass is 844 g/mol. The Balaban J connectivity index is 1.43. The number of fused-ring (bicyclic) bond motifs is 3. The molecule has 0 aromatic heterocycles. The Labute approximate surface area is 357 Å². The summed E-state index contributed by atoms with van der Waals surface area (Å²) in [6.45, 7) is 14.5. The molecular weight excluding hydrogens is 787 g/mol. The zero-order valence-corrected chi connectivity index (χ0v) is 37.6. The van der Waals surface area contributed by atoms with Crippen molar-refractivity contribution < 1.29 is 25.4 Å². The lowest BCUT2D eigenvalue weighted by molar-refractivity contribution is -0.323. The SMILES string of the molecule is CCCCCN1/C(=C/C=C2C(=[N+](\C)S(=O)(=O)c3ccc(C)cc3)/C(=C/C=C3/N(CCCCS(=O)(=O)O)c4ccccc4C3(C)C)c3ccccc3/2)C(C)(C)c2ccccc21. The second-order valence-electron chi connectivity index (χ2n) is 17.2. The number of allylic oxidation sites excluding steroid dienone is 8. The zero-order valence-electron chi connectivity index (χ0n) is 35.9. The van der Waals surface area contributed by atoms with Crippen LogP contribution in [0, 0.1) is 6.92 Å². The van der Waals surface area contributed by atoms with Crippen molar-refractivity contribution in [1.29, 1.82) is 0 Å². The van der Waals surface area contributed by atoms with Crippen LogP contribution in [0.1, 0.15) is 94.5 Å². The lowest BCUT2D eigenvalue weighted by atomic mass is 9.83. The van der Waals surface area contributed by atoms with Crippen LogP contribution >= 0.6 is 0 Å². The molecule has 0 saturated heterocycles. The second kappa shape index (κ2) is 16.8. The molecule has 3 aliphatic rings. The average molecular weight is 845 g/mol. The number of unbranched alkanes of at least 4 members (excludes halogenated alkanes) is 3. The van der Waals surface area contributed by atoms with E-state index in [2.05, 4.69) is 117 Å². The first-order valence-corrected chi connectivity index (χ1v) is 24.1. The van der Waals surface area contributed by atoms with E-state index < -0.39 is 25.6 Å². The van der Waals surface area contributed by atoms with Crippen molar-refractivity contribution in [1.82, 2.24) is 0 Å². The molecule has 0 spiro atoms. The standard InChI is InChI=1S/C50H57N3O5S2/c1-8-9-16-33-52-44-23-14-12-21-42(44)49(3,4)46(52)31-29-40-38-19-10-11-20-39(38)41(48(40)51(7)60(57,58)37-27-25-36(2)26-28-37)30-32-47-50(5,6)43-22-13-15-24-45(43)53(47)34-17-18-35-59(54,55)56/h10-15,19-32H,8-9,16-18,33-35H2,1-7H3/p+1. The number of aryl methyl sites for hydroxylation is 1. The summed E-state index contributed by atoms with van der Waals surface area (Å²) < 4.78 is 63.4. The van der Waals surface area contributed by atoms with E-state index in [-0.39, 0.29) is 16.1 Å². The summed E-state index contributed by atoms with van der Waals surface area (Å²) in [4.78, 5) is 4.89. The number of nitrogens with zero attached hydrogens (tertiary/aromatic N) is 3. The third kappa shape index (κ3) is 8.09. The second-order valence-corrected chi connectivity index (χ2v) is 20.8. The molecule has 2 heterocycles. The Morgan fingerprint density at radius 1 is 0.617 bits per heavy atom. The number of sulfonamides is 1. The number of anilines is 2. The van der Waals surface area contributed by atoms with Gasteiger partial charge in [-0.25, -0.2) is 0 Å². The largest absolute Gasteiger partial charge is 0.395 e. The van der Waals surface area contributed by atoms with Crippen LogP contribution in [-0.4, -0.2) is 57.0 Å². The van der Waals surface area contributed by atoms with E-state index >= 15 is 0 Å². The molecule has 0 unspecified atom stereocenters. The van der Waals surface area contributed by atoms with E-state index in [1.807, 2.05) is 43.3 Å². The summed E-state index contributed by atoms with van der Waals surface area (Å²) in [6.07, 6.45) is 12.7. The number of hydrogen-bond donors (Lipinski definition) is 1. The first-order valence-electron chi connectivity index (χ1n) is 21.1. The van der Waals surface area contributed by atoms with Crippen LogP contribution in [0.15, 0.2) is 138 Å². The van der Waals surface area contributed by atoms with Crippen molar-refractivity contribution in [3.8, 4) is 0 Å². The molecule has 0 fully saturated rings. The number of rotatable bonds is 13. The summed E-state index contributed by atoms with van der Waals surface area (Å²) in [7, 11) is -6.43. The highest BCUT2D eigenvalue weighted by molar-refractivity contribution is 7.86. The molecule has 0 bridgehead atoms. The third-order valence-electron chi connectivity index (χ3n) is 12.4. The van der Waals surface area contributed by atoms with Crippen LogP contribution in [0.2, 0.25) is 0 Å². The molecule has 2 aliphatic heterocycles. The fraction of sp³-hybridized carbons (Fsp3) is 0.340. The van der Waals surface area contributed by atoms with Gasteiger partial charge in [0.2, 0.25) is 5.71 Å². The summed E-state index contributed by atoms with van der Waals surface area (Å²) in [5.41, 5.74) is 11.2. The Morgan fingerprint density at radius 2 is 1.07 bits per heavy atom. The van der Waals surface area contributed by atoms with Crippen molar-refractivity contribution in [3.05, 3.63) is 161 Å². The van der Waals surface area contributed by atoms with Crippen LogP contribution in [0.25, 0.3) is 11.1 Å². The van der Waals surface area contributed by atoms with E-state index in [9.17, 15) is 21.4 Å². The van der Waals surface area contributed by atoms with Crippen LogP contribution in [0.3, 0.4) is 0 Å². The summed E-state index contributed by atoms with van der Waals surface area (Å²) in [5, 5.41) is 0. The molecule has 1 N–H and O–H groups in total. The molecule has 10 heteroatoms. The summed E-state index contributed by atoms with van der Waals surface area (Å²) in [6, 6.07) is 32.0. The summed E-state index contributed by atoms with van der Waals surface area (Å²) >= 11 is 0. The normalized spacial score (nSPS) is 20.3. The Bertz CT molecular complexity index is 2680. The molecule has 4 aromatic rings. The lowest BCUT2D eigenvalue weighted by Gasteiger charge is -2.27. The minimum Gasteiger partial charge on any atom is -0.344 e. The van der Waals surface area contributed by atoms with Gasteiger partial charge in [-0.3, -0.25) is 4.55 Å². The van der Waals surface area contributed by atoms with Crippen molar-refractivity contribution in [2.24, 2.45) is 0 Å². The Kier molecular flexibility index (Phi) is 12.1. The Hall–Kier alpha value is -5.03. The molecule has 60 heavy (non-hydrogen) atoms. The van der Waals surface area contributed by atoms with Gasteiger partial charge in [0.25, 0.3) is 10.1 Å². The third-order valence-corrected chi connectivity index (χ3v) is 15.0. The molecule has 314 valence electrons. The van der Waals surface area contributed by atoms with Gasteiger partial charge in [-0.1, -0.05) is 126 Å². The van der Waals surface area contributed by atoms with E-state index in [4.69, 9.17) is 0 Å². The van der Waals surface area contributed by atoms with Gasteiger partial charge in [-0.2, -0.15) is 16.8 Å². The quantitative estimate of drug-likeness (QED) is 0.0813. The first kappa shape index (κ1) is 43.1. The molecule has 0 amide bonds. The van der Waals surface area contributed by atoms with Gasteiger partial charge in [-0.15, -0.1) is 3.98 Å². The molecule has 4 aromatic carbocycles. The van der Waals surface area contributed by atoms with Crippen LogP contribution in [0.4, 0.5) is 11.4 Å². The van der Waals surface area contributed by atoms with Crippen LogP contribution in [-0.2, 0) is 31.0 Å². The van der Waals surface area contributed by atoms with E-state index in [0.717, 1.165) is 70.6 Å². The minimum absolute atomic E-state index is 0.215. The van der Waals surface area contributed by atoms with Crippen LogP contribution < -0.4 is 9.80 Å². The maximum atomic E-state index is 14.7.